The fraction of sp³-hybridized carbons (Fsp3) is 0.357. The van der Waals surface area contributed by atoms with Crippen molar-refractivity contribution in [3.8, 4) is 5.75 Å². The first-order valence-electron chi connectivity index (χ1n) is 6.79. The van der Waals surface area contributed by atoms with Crippen LogP contribution in [0.4, 0.5) is 10.5 Å². The van der Waals surface area contributed by atoms with Gasteiger partial charge in [-0.3, -0.25) is 14.5 Å². The minimum absolute atomic E-state index is 0.000702. The Morgan fingerprint density at radius 1 is 1.32 bits per heavy atom. The molecule has 1 fully saturated rings. The summed E-state index contributed by atoms with van der Waals surface area (Å²) in [5.41, 5.74) is 5.89. The van der Waals surface area contributed by atoms with E-state index in [4.69, 9.17) is 10.5 Å². The molecule has 0 aliphatic carbocycles. The van der Waals surface area contributed by atoms with Gasteiger partial charge < -0.3 is 20.7 Å². The minimum atomic E-state index is -0.467. The highest BCUT2D eigenvalue weighted by Gasteiger charge is 2.34. The number of imide groups is 1. The van der Waals surface area contributed by atoms with E-state index in [0.29, 0.717) is 24.6 Å². The molecular formula is C14H18N4O4. The molecule has 0 spiro atoms. The largest absolute Gasteiger partial charge is 0.492 e. The van der Waals surface area contributed by atoms with E-state index in [0.717, 1.165) is 4.90 Å². The van der Waals surface area contributed by atoms with Crippen molar-refractivity contribution in [1.29, 1.82) is 0 Å². The quantitative estimate of drug-likeness (QED) is 0.712. The molecule has 118 valence electrons. The summed E-state index contributed by atoms with van der Waals surface area (Å²) < 4.78 is 5.32. The number of nitrogens with zero attached hydrogens (tertiary/aromatic N) is 2. The van der Waals surface area contributed by atoms with Crippen LogP contribution >= 0.6 is 0 Å². The summed E-state index contributed by atoms with van der Waals surface area (Å²) in [7, 11) is 1.51. The number of carbonyl (C=O) groups is 3. The molecule has 0 saturated carbocycles. The lowest BCUT2D eigenvalue weighted by Gasteiger charge is -2.14. The Balaban J connectivity index is 1.89. The molecule has 1 saturated heterocycles. The molecule has 0 unspecified atom stereocenters. The molecule has 3 N–H and O–H groups in total. The summed E-state index contributed by atoms with van der Waals surface area (Å²) in [5.74, 6) is -0.171. The van der Waals surface area contributed by atoms with Crippen LogP contribution in [0.1, 0.15) is 0 Å². The normalized spacial score (nSPS) is 14.5. The number of nitrogens with one attached hydrogen (secondary N) is 1. The van der Waals surface area contributed by atoms with E-state index in [9.17, 15) is 14.4 Å². The SMILES string of the molecule is CN1CC(=O)N(CC(=O)Nc2ccc(OCCN)cc2)C1=O. The molecule has 1 aromatic carbocycles. The second-order valence-corrected chi connectivity index (χ2v) is 4.83. The van der Waals surface area contributed by atoms with Gasteiger partial charge >= 0.3 is 6.03 Å². The molecule has 2 rings (SSSR count). The first-order valence-corrected chi connectivity index (χ1v) is 6.79. The number of benzene rings is 1. The van der Waals surface area contributed by atoms with Crippen molar-refractivity contribution in [2.75, 3.05) is 38.6 Å². The van der Waals surface area contributed by atoms with Crippen molar-refractivity contribution in [1.82, 2.24) is 9.80 Å². The predicted molar refractivity (Wildman–Crippen MR) is 79.4 cm³/mol. The second kappa shape index (κ2) is 6.90. The topological polar surface area (TPSA) is 105 Å². The number of likely N-dealkylation sites (N-methyl/N-ethyl adjacent to an activating group) is 1. The molecule has 0 atom stereocenters. The number of rotatable bonds is 6. The zero-order chi connectivity index (χ0) is 16.1. The van der Waals surface area contributed by atoms with Crippen molar-refractivity contribution in [2.24, 2.45) is 5.73 Å². The Hall–Kier alpha value is -2.61. The van der Waals surface area contributed by atoms with E-state index in [1.54, 1.807) is 24.3 Å². The molecule has 22 heavy (non-hydrogen) atoms. The van der Waals surface area contributed by atoms with Crippen LogP contribution < -0.4 is 15.8 Å². The van der Waals surface area contributed by atoms with Crippen LogP contribution in [0.3, 0.4) is 0 Å². The molecule has 0 radical (unpaired) electrons. The van der Waals surface area contributed by atoms with Gasteiger partial charge in [0.15, 0.2) is 0 Å². The van der Waals surface area contributed by atoms with Crippen LogP contribution in [-0.4, -0.2) is 60.9 Å². The number of anilines is 1. The molecule has 8 nitrogen and oxygen atoms in total. The van der Waals surface area contributed by atoms with Crippen molar-refractivity contribution < 1.29 is 19.1 Å². The van der Waals surface area contributed by atoms with E-state index in [-0.39, 0.29) is 19.0 Å². The minimum Gasteiger partial charge on any atom is -0.492 e. The average molecular weight is 306 g/mol. The lowest BCUT2D eigenvalue weighted by atomic mass is 10.3. The second-order valence-electron chi connectivity index (χ2n) is 4.83. The number of urea groups is 1. The summed E-state index contributed by atoms with van der Waals surface area (Å²) in [5, 5.41) is 2.62. The molecule has 4 amide bonds. The van der Waals surface area contributed by atoms with Crippen LogP contribution in [0, 0.1) is 0 Å². The molecule has 0 aromatic heterocycles. The van der Waals surface area contributed by atoms with E-state index in [1.165, 1.54) is 11.9 Å². The molecule has 1 aliphatic heterocycles. The van der Waals surface area contributed by atoms with E-state index in [2.05, 4.69) is 5.32 Å². The zero-order valence-electron chi connectivity index (χ0n) is 12.2. The Kier molecular flexibility index (Phi) is 4.95. The highest BCUT2D eigenvalue weighted by atomic mass is 16.5. The smallest absolute Gasteiger partial charge is 0.327 e. The van der Waals surface area contributed by atoms with Crippen molar-refractivity contribution in [3.63, 3.8) is 0 Å². The molecular weight excluding hydrogens is 288 g/mol. The van der Waals surface area contributed by atoms with Gasteiger partial charge in [0.05, 0.1) is 0 Å². The molecule has 1 aromatic rings. The first kappa shape index (κ1) is 15.8. The number of carbonyl (C=O) groups excluding carboxylic acids is 3. The van der Waals surface area contributed by atoms with Crippen LogP contribution in [0.2, 0.25) is 0 Å². The number of ether oxygens (including phenoxy) is 1. The summed E-state index contributed by atoms with van der Waals surface area (Å²) in [6.07, 6.45) is 0. The number of hydrogen-bond acceptors (Lipinski definition) is 5. The lowest BCUT2D eigenvalue weighted by molar-refractivity contribution is -0.129. The maximum Gasteiger partial charge on any atom is 0.327 e. The standard InChI is InChI=1S/C14H18N4O4/c1-17-9-13(20)18(14(17)21)8-12(19)16-10-2-4-11(5-3-10)22-7-6-15/h2-5H,6-9,15H2,1H3,(H,16,19). The molecule has 0 bridgehead atoms. The van der Waals surface area contributed by atoms with E-state index < -0.39 is 11.9 Å². The van der Waals surface area contributed by atoms with Crippen molar-refractivity contribution in [2.45, 2.75) is 0 Å². The van der Waals surface area contributed by atoms with Gasteiger partial charge in [-0.1, -0.05) is 0 Å². The van der Waals surface area contributed by atoms with Crippen LogP contribution in [0.25, 0.3) is 0 Å². The third kappa shape index (κ3) is 3.73. The van der Waals surface area contributed by atoms with Crippen molar-refractivity contribution in [3.05, 3.63) is 24.3 Å². The van der Waals surface area contributed by atoms with Gasteiger partial charge in [-0.15, -0.1) is 0 Å². The van der Waals surface area contributed by atoms with E-state index >= 15 is 0 Å². The highest BCUT2D eigenvalue weighted by molar-refractivity contribution is 6.06. The van der Waals surface area contributed by atoms with Gasteiger partial charge in [-0.2, -0.15) is 0 Å². The first-order chi connectivity index (χ1) is 10.5. The molecule has 8 heteroatoms. The van der Waals surface area contributed by atoms with Gasteiger partial charge in [0.1, 0.15) is 25.4 Å². The maximum atomic E-state index is 11.9. The Bertz CT molecular complexity index is 573. The Morgan fingerprint density at radius 2 is 2.00 bits per heavy atom. The van der Waals surface area contributed by atoms with Crippen LogP contribution in [-0.2, 0) is 9.59 Å². The van der Waals surface area contributed by atoms with Crippen LogP contribution in [0.15, 0.2) is 24.3 Å². The Morgan fingerprint density at radius 3 is 2.55 bits per heavy atom. The van der Waals surface area contributed by atoms with Gasteiger partial charge in [-0.05, 0) is 24.3 Å². The number of amides is 4. The van der Waals surface area contributed by atoms with Crippen LogP contribution in [0.5, 0.6) is 5.75 Å². The fourth-order valence-electron chi connectivity index (χ4n) is 1.98. The summed E-state index contributed by atoms with van der Waals surface area (Å²) >= 11 is 0. The predicted octanol–water partition coefficient (Wildman–Crippen LogP) is -0.143. The third-order valence-electron chi connectivity index (χ3n) is 3.06. The zero-order valence-corrected chi connectivity index (χ0v) is 12.2. The van der Waals surface area contributed by atoms with E-state index in [1.807, 2.05) is 0 Å². The number of hydrogen-bond donors (Lipinski definition) is 2. The summed E-state index contributed by atoms with van der Waals surface area (Å²) in [6.45, 7) is 0.538. The van der Waals surface area contributed by atoms with Gasteiger partial charge in [0, 0.05) is 19.3 Å². The summed E-state index contributed by atoms with van der Waals surface area (Å²) in [6, 6.07) is 6.27. The third-order valence-corrected chi connectivity index (χ3v) is 3.06. The van der Waals surface area contributed by atoms with Crippen molar-refractivity contribution >= 4 is 23.5 Å². The number of nitrogens with two attached hydrogens (primary N) is 1. The molecule has 1 aliphatic rings. The monoisotopic (exact) mass is 306 g/mol. The van der Waals surface area contributed by atoms with Gasteiger partial charge in [-0.25, -0.2) is 4.79 Å². The fourth-order valence-corrected chi connectivity index (χ4v) is 1.98. The molecule has 1 heterocycles. The Labute approximate surface area is 127 Å². The lowest BCUT2D eigenvalue weighted by Crippen LogP contribution is -2.38. The average Bonchev–Trinajstić information content (AvgIpc) is 2.73. The van der Waals surface area contributed by atoms with Gasteiger partial charge in [0.2, 0.25) is 5.91 Å². The highest BCUT2D eigenvalue weighted by Crippen LogP contribution is 2.16. The van der Waals surface area contributed by atoms with Gasteiger partial charge in [0.25, 0.3) is 5.91 Å². The summed E-state index contributed by atoms with van der Waals surface area (Å²) in [4.78, 5) is 37.3. The maximum absolute atomic E-state index is 11.9.